The zero-order chi connectivity index (χ0) is 14.1. The van der Waals surface area contributed by atoms with Crippen molar-refractivity contribution in [2.24, 2.45) is 0 Å². The van der Waals surface area contributed by atoms with E-state index in [2.05, 4.69) is 21.2 Å². The largest absolute Gasteiger partial charge is 0.493 e. The second kappa shape index (κ2) is 9.18. The second-order valence-electron chi connectivity index (χ2n) is 4.19. The highest BCUT2D eigenvalue weighted by molar-refractivity contribution is 9.10. The van der Waals surface area contributed by atoms with Gasteiger partial charge in [-0.1, -0.05) is 0 Å². The third-order valence-corrected chi connectivity index (χ3v) is 3.25. The summed E-state index contributed by atoms with van der Waals surface area (Å²) in [6.07, 6.45) is 1.95. The standard InChI is InChI=1S/C14H22BrNO3/c1-16-10-11-8-12(15)14(13(9-11)18-3)19-7-5-4-6-17-2/h8-9,16H,4-7,10H2,1-3H3. The lowest BCUT2D eigenvalue weighted by Crippen LogP contribution is -2.06. The molecule has 4 nitrogen and oxygen atoms in total. The molecule has 0 bridgehead atoms. The number of nitrogens with one attached hydrogen (secondary N) is 1. The summed E-state index contributed by atoms with van der Waals surface area (Å²) >= 11 is 3.53. The van der Waals surface area contributed by atoms with Crippen molar-refractivity contribution in [3.8, 4) is 11.5 Å². The van der Waals surface area contributed by atoms with Crippen molar-refractivity contribution in [1.82, 2.24) is 5.32 Å². The minimum Gasteiger partial charge on any atom is -0.493 e. The molecular weight excluding hydrogens is 310 g/mol. The molecule has 0 atom stereocenters. The molecule has 0 fully saturated rings. The van der Waals surface area contributed by atoms with Crippen LogP contribution in [0.1, 0.15) is 18.4 Å². The zero-order valence-electron chi connectivity index (χ0n) is 11.8. The highest BCUT2D eigenvalue weighted by atomic mass is 79.9. The molecule has 19 heavy (non-hydrogen) atoms. The smallest absolute Gasteiger partial charge is 0.175 e. The fourth-order valence-corrected chi connectivity index (χ4v) is 2.35. The van der Waals surface area contributed by atoms with Crippen LogP contribution in [0.2, 0.25) is 0 Å². The molecule has 0 radical (unpaired) electrons. The van der Waals surface area contributed by atoms with Gasteiger partial charge in [-0.2, -0.15) is 0 Å². The van der Waals surface area contributed by atoms with Gasteiger partial charge in [-0.3, -0.25) is 0 Å². The van der Waals surface area contributed by atoms with Crippen LogP contribution >= 0.6 is 15.9 Å². The van der Waals surface area contributed by atoms with E-state index < -0.39 is 0 Å². The number of unbranched alkanes of at least 4 members (excludes halogenated alkanes) is 1. The van der Waals surface area contributed by atoms with Crippen molar-refractivity contribution >= 4 is 15.9 Å². The van der Waals surface area contributed by atoms with Crippen LogP contribution < -0.4 is 14.8 Å². The molecule has 0 saturated heterocycles. The molecule has 1 aromatic rings. The number of rotatable bonds is 9. The van der Waals surface area contributed by atoms with Crippen LogP contribution in [-0.4, -0.2) is 34.5 Å². The molecule has 1 aromatic carbocycles. The SMILES string of the molecule is CNCc1cc(Br)c(OCCCCOC)c(OC)c1. The molecule has 5 heteroatoms. The van der Waals surface area contributed by atoms with Gasteiger partial charge in [-0.15, -0.1) is 0 Å². The lowest BCUT2D eigenvalue weighted by Gasteiger charge is -2.14. The Bertz CT molecular complexity index is 385. The van der Waals surface area contributed by atoms with Crippen LogP contribution in [0.15, 0.2) is 16.6 Å². The first kappa shape index (κ1) is 16.3. The molecule has 0 amide bonds. The molecule has 0 aliphatic carbocycles. The van der Waals surface area contributed by atoms with Gasteiger partial charge in [0.25, 0.3) is 0 Å². The number of benzene rings is 1. The van der Waals surface area contributed by atoms with Gasteiger partial charge in [0.2, 0.25) is 0 Å². The predicted octanol–water partition coefficient (Wildman–Crippen LogP) is 2.98. The molecule has 1 rings (SSSR count). The Kier molecular flexibility index (Phi) is 7.86. The van der Waals surface area contributed by atoms with Crippen molar-refractivity contribution in [3.05, 3.63) is 22.2 Å². The third-order valence-electron chi connectivity index (χ3n) is 2.66. The maximum absolute atomic E-state index is 5.79. The summed E-state index contributed by atoms with van der Waals surface area (Å²) in [5.74, 6) is 1.52. The first-order valence-corrected chi connectivity index (χ1v) is 7.15. The second-order valence-corrected chi connectivity index (χ2v) is 5.04. The van der Waals surface area contributed by atoms with E-state index in [1.54, 1.807) is 14.2 Å². The Hall–Kier alpha value is -0.780. The molecule has 0 heterocycles. The van der Waals surface area contributed by atoms with Crippen LogP contribution in [0.4, 0.5) is 0 Å². The van der Waals surface area contributed by atoms with Crippen LogP contribution in [0.25, 0.3) is 0 Å². The summed E-state index contributed by atoms with van der Waals surface area (Å²) < 4.78 is 17.1. The van der Waals surface area contributed by atoms with E-state index >= 15 is 0 Å². The number of hydrogen-bond acceptors (Lipinski definition) is 4. The lowest BCUT2D eigenvalue weighted by atomic mass is 10.2. The fourth-order valence-electron chi connectivity index (χ4n) is 1.74. The topological polar surface area (TPSA) is 39.7 Å². The summed E-state index contributed by atoms with van der Waals surface area (Å²) in [5.41, 5.74) is 1.15. The highest BCUT2D eigenvalue weighted by Gasteiger charge is 2.11. The van der Waals surface area contributed by atoms with Crippen molar-refractivity contribution < 1.29 is 14.2 Å². The molecule has 0 unspecified atom stereocenters. The van der Waals surface area contributed by atoms with E-state index in [-0.39, 0.29) is 0 Å². The Morgan fingerprint density at radius 2 is 1.89 bits per heavy atom. The van der Waals surface area contributed by atoms with Crippen molar-refractivity contribution in [2.75, 3.05) is 34.5 Å². The number of methoxy groups -OCH3 is 2. The van der Waals surface area contributed by atoms with Crippen molar-refractivity contribution in [3.63, 3.8) is 0 Å². The normalized spacial score (nSPS) is 10.5. The number of hydrogen-bond donors (Lipinski definition) is 1. The molecule has 1 N–H and O–H groups in total. The molecular formula is C14H22BrNO3. The van der Waals surface area contributed by atoms with Gasteiger partial charge in [0.05, 0.1) is 18.2 Å². The Morgan fingerprint density at radius 3 is 2.53 bits per heavy atom. The summed E-state index contributed by atoms with van der Waals surface area (Å²) in [7, 11) is 5.28. The minimum atomic E-state index is 0.656. The van der Waals surface area contributed by atoms with Crippen LogP contribution in [0, 0.1) is 0 Å². The first-order valence-electron chi connectivity index (χ1n) is 6.35. The summed E-state index contributed by atoms with van der Waals surface area (Å²) in [4.78, 5) is 0. The van der Waals surface area contributed by atoms with Crippen LogP contribution in [0.5, 0.6) is 11.5 Å². The van der Waals surface area contributed by atoms with Gasteiger partial charge in [0.15, 0.2) is 11.5 Å². The maximum Gasteiger partial charge on any atom is 0.175 e. The van der Waals surface area contributed by atoms with E-state index in [0.29, 0.717) is 6.61 Å². The quantitative estimate of drug-likeness (QED) is 0.706. The Balaban J connectivity index is 2.65. The summed E-state index contributed by atoms with van der Waals surface area (Å²) in [6, 6.07) is 4.04. The van der Waals surface area contributed by atoms with Crippen molar-refractivity contribution in [1.29, 1.82) is 0 Å². The Labute approximate surface area is 123 Å². The van der Waals surface area contributed by atoms with Crippen LogP contribution in [-0.2, 0) is 11.3 Å². The van der Waals surface area contributed by atoms with E-state index in [0.717, 1.165) is 47.5 Å². The third kappa shape index (κ3) is 5.38. The summed E-state index contributed by atoms with van der Waals surface area (Å²) in [5, 5.41) is 3.12. The minimum absolute atomic E-state index is 0.656. The van der Waals surface area contributed by atoms with Gasteiger partial charge in [-0.25, -0.2) is 0 Å². The molecule has 108 valence electrons. The molecule has 0 aliphatic rings. The first-order chi connectivity index (χ1) is 9.22. The zero-order valence-corrected chi connectivity index (χ0v) is 13.4. The van der Waals surface area contributed by atoms with Crippen LogP contribution in [0.3, 0.4) is 0 Å². The summed E-state index contributed by atoms with van der Waals surface area (Å²) in [6.45, 7) is 2.22. The van der Waals surface area contributed by atoms with Gasteiger partial charge in [-0.05, 0) is 53.5 Å². The van der Waals surface area contributed by atoms with Gasteiger partial charge >= 0.3 is 0 Å². The Morgan fingerprint density at radius 1 is 1.16 bits per heavy atom. The molecule has 0 aliphatic heterocycles. The number of ether oxygens (including phenoxy) is 3. The van der Waals surface area contributed by atoms with E-state index in [1.165, 1.54) is 0 Å². The average Bonchev–Trinajstić information content (AvgIpc) is 2.40. The van der Waals surface area contributed by atoms with E-state index in [1.807, 2.05) is 19.2 Å². The molecule has 0 saturated carbocycles. The van der Waals surface area contributed by atoms with Gasteiger partial charge < -0.3 is 19.5 Å². The highest BCUT2D eigenvalue weighted by Crippen LogP contribution is 2.36. The maximum atomic E-state index is 5.79. The number of halogens is 1. The van der Waals surface area contributed by atoms with E-state index in [9.17, 15) is 0 Å². The lowest BCUT2D eigenvalue weighted by molar-refractivity contribution is 0.183. The van der Waals surface area contributed by atoms with Gasteiger partial charge in [0, 0.05) is 20.3 Å². The van der Waals surface area contributed by atoms with E-state index in [4.69, 9.17) is 14.2 Å². The monoisotopic (exact) mass is 331 g/mol. The predicted molar refractivity (Wildman–Crippen MR) is 80.1 cm³/mol. The van der Waals surface area contributed by atoms with Gasteiger partial charge in [0.1, 0.15) is 0 Å². The molecule has 0 aromatic heterocycles. The van der Waals surface area contributed by atoms with Crippen molar-refractivity contribution in [2.45, 2.75) is 19.4 Å². The average molecular weight is 332 g/mol. The fraction of sp³-hybridized carbons (Fsp3) is 0.571. The molecule has 0 spiro atoms.